The summed E-state index contributed by atoms with van der Waals surface area (Å²) in [5.41, 5.74) is 0. The summed E-state index contributed by atoms with van der Waals surface area (Å²) in [5, 5.41) is 0. The Balaban J connectivity index is 2.22. The van der Waals surface area contributed by atoms with Crippen LogP contribution in [0.15, 0.2) is 36.6 Å². The van der Waals surface area contributed by atoms with Crippen molar-refractivity contribution in [1.82, 2.24) is 4.90 Å². The van der Waals surface area contributed by atoms with E-state index in [9.17, 15) is 4.79 Å². The maximum absolute atomic E-state index is 10.6. The number of nitrogens with zero attached hydrogens (tertiary/aromatic N) is 1. The maximum atomic E-state index is 10.6. The van der Waals surface area contributed by atoms with Crippen LogP contribution in [0.3, 0.4) is 0 Å². The molecule has 1 aliphatic rings. The van der Waals surface area contributed by atoms with E-state index < -0.39 is 0 Å². The van der Waals surface area contributed by atoms with Gasteiger partial charge in [-0.25, -0.2) is 0 Å². The van der Waals surface area contributed by atoms with Crippen LogP contribution in [0.4, 0.5) is 0 Å². The van der Waals surface area contributed by atoms with Gasteiger partial charge in [-0.2, -0.15) is 0 Å². The number of allylic oxidation sites excluding steroid dienone is 5. The molecule has 82 valence electrons. The molecule has 0 amide bonds. The summed E-state index contributed by atoms with van der Waals surface area (Å²) in [6.45, 7) is 3.90. The van der Waals surface area contributed by atoms with Crippen LogP contribution >= 0.6 is 0 Å². The summed E-state index contributed by atoms with van der Waals surface area (Å²) in [5.74, 6) is 0.0830. The van der Waals surface area contributed by atoms with E-state index in [1.165, 1.54) is 32.4 Å². The Morgan fingerprint density at radius 2 is 1.67 bits per heavy atom. The fourth-order valence-electron chi connectivity index (χ4n) is 1.56. The Morgan fingerprint density at radius 3 is 2.33 bits per heavy atom. The second-order valence-corrected chi connectivity index (χ2v) is 3.79. The summed E-state index contributed by atoms with van der Waals surface area (Å²) in [6, 6.07) is 0. The third-order valence-corrected chi connectivity index (χ3v) is 2.35. The SMILES string of the molecule is CC(=O)/C=C/C=C/C=C/N1CCCCC1. The van der Waals surface area contributed by atoms with Crippen LogP contribution in [0.1, 0.15) is 26.2 Å². The minimum atomic E-state index is 0.0830. The first kappa shape index (κ1) is 11.8. The minimum absolute atomic E-state index is 0.0830. The van der Waals surface area contributed by atoms with Gasteiger partial charge in [-0.3, -0.25) is 4.79 Å². The van der Waals surface area contributed by atoms with Crippen molar-refractivity contribution in [1.29, 1.82) is 0 Å². The Labute approximate surface area is 92.0 Å². The van der Waals surface area contributed by atoms with Crippen molar-refractivity contribution in [3.63, 3.8) is 0 Å². The molecule has 0 unspecified atom stereocenters. The number of hydrogen-bond donors (Lipinski definition) is 0. The van der Waals surface area contributed by atoms with Crippen molar-refractivity contribution in [3.8, 4) is 0 Å². The van der Waals surface area contributed by atoms with Crippen molar-refractivity contribution in [3.05, 3.63) is 36.6 Å². The maximum Gasteiger partial charge on any atom is 0.152 e. The van der Waals surface area contributed by atoms with Crippen LogP contribution < -0.4 is 0 Å². The average molecular weight is 205 g/mol. The molecule has 0 aliphatic carbocycles. The molecule has 0 radical (unpaired) electrons. The number of likely N-dealkylation sites (tertiary alicyclic amines) is 1. The van der Waals surface area contributed by atoms with Gasteiger partial charge >= 0.3 is 0 Å². The van der Waals surface area contributed by atoms with Gasteiger partial charge in [-0.1, -0.05) is 18.2 Å². The smallest absolute Gasteiger partial charge is 0.152 e. The summed E-state index contributed by atoms with van der Waals surface area (Å²) < 4.78 is 0. The standard InChI is InChI=1S/C13H19NO/c1-13(15)9-5-2-3-6-10-14-11-7-4-8-12-14/h2-3,5-6,9-10H,4,7-8,11-12H2,1H3/b3-2+,9-5+,10-6+. The minimum Gasteiger partial charge on any atom is -0.377 e. The Morgan fingerprint density at radius 1 is 1.00 bits per heavy atom. The zero-order valence-corrected chi connectivity index (χ0v) is 9.36. The molecule has 1 rings (SSSR count). The molecule has 2 nitrogen and oxygen atoms in total. The number of ketones is 1. The number of piperidine rings is 1. The predicted molar refractivity (Wildman–Crippen MR) is 63.5 cm³/mol. The molecule has 0 spiro atoms. The highest BCUT2D eigenvalue weighted by molar-refractivity contribution is 5.87. The van der Waals surface area contributed by atoms with Gasteiger partial charge < -0.3 is 4.90 Å². The molecular weight excluding hydrogens is 186 g/mol. The molecule has 0 bridgehead atoms. The molecule has 0 aromatic rings. The van der Waals surface area contributed by atoms with Crippen LogP contribution in [0, 0.1) is 0 Å². The highest BCUT2D eigenvalue weighted by Crippen LogP contribution is 2.08. The first-order valence-corrected chi connectivity index (χ1v) is 5.55. The zero-order valence-electron chi connectivity index (χ0n) is 9.36. The molecule has 0 aromatic carbocycles. The van der Waals surface area contributed by atoms with Gasteiger partial charge in [-0.05, 0) is 44.5 Å². The monoisotopic (exact) mass is 205 g/mol. The number of carbonyl (C=O) groups is 1. The second kappa shape index (κ2) is 7.04. The van der Waals surface area contributed by atoms with Gasteiger partial charge in [0.05, 0.1) is 0 Å². The summed E-state index contributed by atoms with van der Waals surface area (Å²) in [4.78, 5) is 12.9. The lowest BCUT2D eigenvalue weighted by Crippen LogP contribution is -2.23. The van der Waals surface area contributed by atoms with E-state index in [0.29, 0.717) is 0 Å². The Bertz CT molecular complexity index is 270. The van der Waals surface area contributed by atoms with Crippen molar-refractivity contribution >= 4 is 5.78 Å². The lowest BCUT2D eigenvalue weighted by Gasteiger charge is -2.24. The van der Waals surface area contributed by atoms with E-state index in [1.54, 1.807) is 19.1 Å². The highest BCUT2D eigenvalue weighted by atomic mass is 16.1. The molecule has 0 N–H and O–H groups in total. The Kier molecular flexibility index (Phi) is 5.52. The van der Waals surface area contributed by atoms with Crippen LogP contribution in [-0.4, -0.2) is 23.8 Å². The molecule has 0 saturated carbocycles. The van der Waals surface area contributed by atoms with Crippen LogP contribution in [0.25, 0.3) is 0 Å². The molecule has 1 saturated heterocycles. The third-order valence-electron chi connectivity index (χ3n) is 2.35. The van der Waals surface area contributed by atoms with E-state index in [0.717, 1.165) is 0 Å². The van der Waals surface area contributed by atoms with Crippen LogP contribution in [0.5, 0.6) is 0 Å². The normalized spacial score (nSPS) is 18.3. The van der Waals surface area contributed by atoms with Crippen LogP contribution in [-0.2, 0) is 4.79 Å². The fourth-order valence-corrected chi connectivity index (χ4v) is 1.56. The first-order valence-electron chi connectivity index (χ1n) is 5.55. The summed E-state index contributed by atoms with van der Waals surface area (Å²) in [7, 11) is 0. The van der Waals surface area contributed by atoms with E-state index >= 15 is 0 Å². The third kappa shape index (κ3) is 5.89. The lowest BCUT2D eigenvalue weighted by molar-refractivity contribution is -0.112. The predicted octanol–water partition coefficient (Wildman–Crippen LogP) is 2.69. The molecule has 1 aliphatic heterocycles. The van der Waals surface area contributed by atoms with Gasteiger partial charge in [0.1, 0.15) is 0 Å². The highest BCUT2D eigenvalue weighted by Gasteiger charge is 2.03. The van der Waals surface area contributed by atoms with E-state index in [4.69, 9.17) is 0 Å². The second-order valence-electron chi connectivity index (χ2n) is 3.79. The number of carbonyl (C=O) groups excluding carboxylic acids is 1. The van der Waals surface area contributed by atoms with E-state index in [1.807, 2.05) is 18.2 Å². The number of rotatable bonds is 4. The zero-order chi connectivity index (χ0) is 10.9. The van der Waals surface area contributed by atoms with Crippen LogP contribution in [0.2, 0.25) is 0 Å². The van der Waals surface area contributed by atoms with Gasteiger partial charge in [0.15, 0.2) is 5.78 Å². The molecule has 0 aromatic heterocycles. The van der Waals surface area contributed by atoms with Crippen molar-refractivity contribution in [2.45, 2.75) is 26.2 Å². The average Bonchev–Trinajstić information content (AvgIpc) is 2.24. The Hall–Kier alpha value is -1.31. The van der Waals surface area contributed by atoms with Crippen molar-refractivity contribution in [2.75, 3.05) is 13.1 Å². The van der Waals surface area contributed by atoms with Gasteiger partial charge in [0.2, 0.25) is 0 Å². The molecule has 1 heterocycles. The fraction of sp³-hybridized carbons (Fsp3) is 0.462. The summed E-state index contributed by atoms with van der Waals surface area (Å²) in [6.07, 6.45) is 15.3. The van der Waals surface area contributed by atoms with Gasteiger partial charge in [0.25, 0.3) is 0 Å². The quantitative estimate of drug-likeness (QED) is 0.519. The molecular formula is C13H19NO. The molecule has 15 heavy (non-hydrogen) atoms. The van der Waals surface area contributed by atoms with E-state index in [2.05, 4.69) is 11.1 Å². The number of hydrogen-bond acceptors (Lipinski definition) is 2. The summed E-state index contributed by atoms with van der Waals surface area (Å²) >= 11 is 0. The topological polar surface area (TPSA) is 20.3 Å². The molecule has 0 atom stereocenters. The first-order chi connectivity index (χ1) is 7.29. The lowest BCUT2D eigenvalue weighted by atomic mass is 10.1. The van der Waals surface area contributed by atoms with Crippen molar-refractivity contribution < 1.29 is 4.79 Å². The molecule has 2 heteroatoms. The van der Waals surface area contributed by atoms with E-state index in [-0.39, 0.29) is 5.78 Å². The largest absolute Gasteiger partial charge is 0.377 e. The van der Waals surface area contributed by atoms with Crippen molar-refractivity contribution in [2.24, 2.45) is 0 Å². The van der Waals surface area contributed by atoms with Gasteiger partial charge in [-0.15, -0.1) is 0 Å². The van der Waals surface area contributed by atoms with Gasteiger partial charge in [0, 0.05) is 13.1 Å². The molecule has 1 fully saturated rings.